The van der Waals surface area contributed by atoms with E-state index < -0.39 is 17.5 Å². The molecule has 0 aliphatic carbocycles. The van der Waals surface area contributed by atoms with E-state index in [0.29, 0.717) is 107 Å². The van der Waals surface area contributed by atoms with Crippen molar-refractivity contribution in [3.05, 3.63) is 215 Å². The molecular weight excluding hydrogens is 1360 g/mol. The van der Waals surface area contributed by atoms with Crippen LogP contribution in [-0.4, -0.2) is 143 Å². The molecule has 3 aliphatic heterocycles. The number of ketones is 1. The monoisotopic (exact) mass is 1430 g/mol. The predicted molar refractivity (Wildman–Crippen MR) is 388 cm³/mol. The number of hydrogen-bond donors (Lipinski definition) is 8. The summed E-state index contributed by atoms with van der Waals surface area (Å²) in [6.45, 7) is 10.8. The van der Waals surface area contributed by atoms with Crippen LogP contribution in [0.3, 0.4) is 0 Å². The number of aromatic nitrogens is 13. The van der Waals surface area contributed by atoms with Gasteiger partial charge < -0.3 is 64.2 Å². The van der Waals surface area contributed by atoms with Gasteiger partial charge in [0.05, 0.1) is 12.0 Å². The smallest absolute Gasteiger partial charge is 0.263 e. The second kappa shape index (κ2) is 29.4. The zero-order chi connectivity index (χ0) is 73.1. The van der Waals surface area contributed by atoms with Crippen molar-refractivity contribution in [3.8, 4) is 57.6 Å². The SMILES string of the molecule is CC(=O)Cc1ccc(Nc2ncnc(Oc3ccc4[nH]c(C)cc4c3F)c2C(=O)N2CCC2)cc1.Cc1cc2c(F)c(Oc3ncnc(Nc4cc(-c5ccccc5)[nH]n4)c3C(=O)N3CCC3)ccc2[nH]1.Cc1cc2c(F)c(Oc3ncnc(Nc4cc(-c5ccco5)[nH]n4)c3C(=O)N3CCC3)ccc2[nH]1. The molecule has 106 heavy (non-hydrogen) atoms. The Kier molecular flexibility index (Phi) is 18.9. The molecule has 5 aromatic carbocycles. The van der Waals surface area contributed by atoms with Crippen molar-refractivity contribution in [1.82, 2.24) is 80.0 Å². The molecule has 30 heteroatoms. The Hall–Kier alpha value is -13.7. The third kappa shape index (κ3) is 14.3. The van der Waals surface area contributed by atoms with E-state index in [4.69, 9.17) is 18.6 Å². The van der Waals surface area contributed by atoms with Gasteiger partial charge in [-0.3, -0.25) is 29.4 Å². The number of ether oxygens (including phenoxy) is 3. The van der Waals surface area contributed by atoms with Gasteiger partial charge in [-0.15, -0.1) is 0 Å². The summed E-state index contributed by atoms with van der Waals surface area (Å²) in [5, 5.41) is 24.9. The number of rotatable bonds is 19. The summed E-state index contributed by atoms with van der Waals surface area (Å²) in [4.78, 5) is 91.0. The van der Waals surface area contributed by atoms with Crippen LogP contribution < -0.4 is 30.2 Å². The summed E-state index contributed by atoms with van der Waals surface area (Å²) in [6, 6.07) is 38.9. The summed E-state index contributed by atoms with van der Waals surface area (Å²) in [7, 11) is 0. The average molecular weight is 1430 g/mol. The molecule has 3 aliphatic rings. The highest BCUT2D eigenvalue weighted by molar-refractivity contribution is 6.04. The zero-order valence-corrected chi connectivity index (χ0v) is 57.4. The molecule has 12 heterocycles. The van der Waals surface area contributed by atoms with Crippen molar-refractivity contribution in [2.45, 2.75) is 53.4 Å². The number of hydrogen-bond acceptors (Lipinski definition) is 19. The molecule has 0 radical (unpaired) electrons. The van der Waals surface area contributed by atoms with Crippen LogP contribution in [0.2, 0.25) is 0 Å². The number of halogens is 3. The third-order valence-corrected chi connectivity index (χ3v) is 17.8. The second-order valence-corrected chi connectivity index (χ2v) is 25.5. The molecule has 0 saturated carbocycles. The first kappa shape index (κ1) is 68.1. The van der Waals surface area contributed by atoms with Crippen LogP contribution in [-0.2, 0) is 11.2 Å². The standard InChI is InChI=1S/C26H22FN7O2.C26H24FN5O3.C24H20FN7O3/c1-15-12-17-18(30-15)8-9-20(23(17)27)36-25-22(26(35)34-10-5-11-34)24(28-14-29-25)31-21-13-19(32-33-21)16-6-3-2-4-7-16;1-15-12-19-20(30-15)8-9-21(23(19)27)35-25-22(26(34)32-10-3-11-32)24(28-14-29-25)31-18-6-4-17(5-7-18)13-16(2)33;1-13-10-14-15(28-13)5-6-18(21(14)25)35-23-20(24(33)32-7-3-8-32)22(26-12-27-23)29-19-11-16(30-31-19)17-4-2-9-34-17/h2-4,6-9,12-14,30H,5,10-11H2,1H3,(H2,28,29,31,32,33);4-9,12,14,30H,3,10-11,13H2,1-2H3,(H,28,29,31);2,4-6,9-12,28H,3,7-8H2,1H3,(H2,26,27,29,30,31). The molecule has 3 saturated heterocycles. The zero-order valence-electron chi connectivity index (χ0n) is 57.4. The highest BCUT2D eigenvalue weighted by atomic mass is 19.1. The first-order valence-electron chi connectivity index (χ1n) is 33.9. The number of furan rings is 1. The van der Waals surface area contributed by atoms with E-state index in [2.05, 4.69) is 81.2 Å². The minimum Gasteiger partial charge on any atom is -0.463 e. The Bertz CT molecular complexity index is 5630. The number of nitrogens with one attached hydrogen (secondary N) is 8. The molecule has 0 unspecified atom stereocenters. The van der Waals surface area contributed by atoms with E-state index in [-0.39, 0.29) is 92.5 Å². The lowest BCUT2D eigenvalue weighted by molar-refractivity contribution is -0.116. The van der Waals surface area contributed by atoms with Gasteiger partial charge in [0.1, 0.15) is 47.1 Å². The number of aryl methyl sites for hydroxylation is 3. The normalized spacial score (nSPS) is 13.0. The van der Waals surface area contributed by atoms with Gasteiger partial charge in [-0.05, 0) is 137 Å². The van der Waals surface area contributed by atoms with Crippen LogP contribution in [0, 0.1) is 38.2 Å². The van der Waals surface area contributed by atoms with E-state index in [9.17, 15) is 19.2 Å². The molecule has 3 fully saturated rings. The fraction of sp³-hybridized carbons (Fsp3) is 0.184. The Morgan fingerprint density at radius 3 is 1.26 bits per heavy atom. The molecule has 14 aromatic rings. The number of amides is 3. The highest BCUT2D eigenvalue weighted by Crippen LogP contribution is 2.40. The maximum Gasteiger partial charge on any atom is 0.263 e. The number of aromatic amines is 5. The van der Waals surface area contributed by atoms with E-state index in [1.165, 1.54) is 37.2 Å². The van der Waals surface area contributed by atoms with Gasteiger partial charge in [0, 0.05) is 113 Å². The summed E-state index contributed by atoms with van der Waals surface area (Å²) in [5.74, 6) is -0.497. The van der Waals surface area contributed by atoms with E-state index in [0.717, 1.165) is 53.2 Å². The summed E-state index contributed by atoms with van der Waals surface area (Å²) in [5.41, 5.74) is 8.77. The number of H-pyrrole nitrogens is 5. The molecule has 17 rings (SSSR count). The highest BCUT2D eigenvalue weighted by Gasteiger charge is 2.34. The first-order valence-corrected chi connectivity index (χ1v) is 33.9. The average Bonchev–Trinajstić information content (AvgIpc) is 1.02. The molecule has 0 spiro atoms. The fourth-order valence-corrected chi connectivity index (χ4v) is 12.1. The molecule has 0 bridgehead atoms. The van der Waals surface area contributed by atoms with Crippen molar-refractivity contribution in [1.29, 1.82) is 0 Å². The maximum atomic E-state index is 15.2. The van der Waals surface area contributed by atoms with Gasteiger partial charge in [0.2, 0.25) is 17.6 Å². The van der Waals surface area contributed by atoms with Gasteiger partial charge >= 0.3 is 0 Å². The summed E-state index contributed by atoms with van der Waals surface area (Å²) >= 11 is 0. The summed E-state index contributed by atoms with van der Waals surface area (Å²) < 4.78 is 68.6. The first-order chi connectivity index (χ1) is 51.5. The second-order valence-electron chi connectivity index (χ2n) is 25.5. The lowest BCUT2D eigenvalue weighted by atomic mass is 10.1. The summed E-state index contributed by atoms with van der Waals surface area (Å²) in [6.07, 6.45) is 8.43. The number of carbonyl (C=O) groups excluding carboxylic acids is 4. The van der Waals surface area contributed by atoms with Gasteiger partial charge in [0.15, 0.2) is 69.5 Å². The number of anilines is 6. The van der Waals surface area contributed by atoms with Gasteiger partial charge in [0.25, 0.3) is 17.7 Å². The van der Waals surface area contributed by atoms with Gasteiger partial charge in [-0.1, -0.05) is 42.5 Å². The molecule has 3 amide bonds. The quantitative estimate of drug-likeness (QED) is 0.0373. The lowest BCUT2D eigenvalue weighted by Crippen LogP contribution is -2.42. The molecule has 0 atom stereocenters. The Balaban J connectivity index is 0.000000127. The van der Waals surface area contributed by atoms with Crippen LogP contribution in [0.15, 0.2) is 163 Å². The fourth-order valence-electron chi connectivity index (χ4n) is 12.1. The van der Waals surface area contributed by atoms with Crippen LogP contribution >= 0.6 is 0 Å². The van der Waals surface area contributed by atoms with E-state index >= 15 is 13.2 Å². The van der Waals surface area contributed by atoms with Crippen molar-refractivity contribution in [3.63, 3.8) is 0 Å². The number of likely N-dealkylation sites (tertiary alicyclic amines) is 3. The number of nitrogens with zero attached hydrogens (tertiary/aromatic N) is 11. The van der Waals surface area contributed by atoms with Crippen molar-refractivity contribution >= 4 is 91.0 Å². The van der Waals surface area contributed by atoms with E-state index in [1.54, 1.807) is 94.6 Å². The van der Waals surface area contributed by atoms with Crippen molar-refractivity contribution < 1.29 is 51.0 Å². The number of fused-ring (bicyclic) bond motifs is 3. The number of benzene rings is 5. The van der Waals surface area contributed by atoms with Crippen LogP contribution in [0.1, 0.15) is 79.9 Å². The topological polar surface area (TPSA) is 337 Å². The maximum absolute atomic E-state index is 15.2. The Morgan fingerprint density at radius 2 is 0.877 bits per heavy atom. The van der Waals surface area contributed by atoms with Crippen LogP contribution in [0.25, 0.3) is 55.4 Å². The Morgan fingerprint density at radius 1 is 0.472 bits per heavy atom. The largest absolute Gasteiger partial charge is 0.463 e. The van der Waals surface area contributed by atoms with Crippen molar-refractivity contribution in [2.24, 2.45) is 0 Å². The minimum atomic E-state index is -0.544. The minimum absolute atomic E-state index is 0.0295. The molecule has 8 N–H and O–H groups in total. The van der Waals surface area contributed by atoms with Crippen molar-refractivity contribution in [2.75, 3.05) is 55.2 Å². The number of carbonyl (C=O) groups is 4. The van der Waals surface area contributed by atoms with Gasteiger partial charge in [-0.25, -0.2) is 43.1 Å². The Labute approximate surface area is 601 Å². The molecule has 534 valence electrons. The number of Topliss-reactive ketones (excluding diaryl/α,β-unsaturated/α-hetero) is 1. The third-order valence-electron chi connectivity index (χ3n) is 17.8. The van der Waals surface area contributed by atoms with E-state index in [1.807, 2.05) is 69.3 Å². The predicted octanol–water partition coefficient (Wildman–Crippen LogP) is 14.9. The lowest BCUT2D eigenvalue weighted by Gasteiger charge is -2.31. The van der Waals surface area contributed by atoms with Crippen LogP contribution in [0.5, 0.6) is 34.9 Å². The molecule has 27 nitrogen and oxygen atoms in total. The van der Waals surface area contributed by atoms with Gasteiger partial charge in [-0.2, -0.15) is 10.2 Å². The molecular formula is C76H66F3N19O8. The van der Waals surface area contributed by atoms with Crippen LogP contribution in [0.4, 0.5) is 47.9 Å². The molecule has 9 aromatic heterocycles.